The van der Waals surface area contributed by atoms with Crippen LogP contribution in [0.4, 0.5) is 0 Å². The van der Waals surface area contributed by atoms with E-state index >= 15 is 0 Å². The van der Waals surface area contributed by atoms with Gasteiger partial charge in [-0.2, -0.15) is 0 Å². The van der Waals surface area contributed by atoms with Crippen molar-refractivity contribution in [3.05, 3.63) is 36.0 Å². The molecule has 1 aromatic carbocycles. The number of carbonyl (C=O) groups is 5. The van der Waals surface area contributed by atoms with Gasteiger partial charge in [-0.25, -0.2) is 4.79 Å². The van der Waals surface area contributed by atoms with E-state index in [1.807, 2.05) is 24.3 Å². The number of aliphatic carboxylic acids is 1. The smallest absolute Gasteiger partial charge is 0.326 e. The zero-order valence-electron chi connectivity index (χ0n) is 19.0. The standard InChI is InChI=1S/C22H30N6O6/c1-11(2)19(22(33)34)28-21(32)16(7-12-9-25-15-6-4-3-5-13(12)15)27-18(30)10-26-20(31)14(23)8-17(24)29/h3-6,9,11,14,16,19,25H,7-8,10,23H2,1-2H3,(H2,24,29)(H,26,31)(H,27,30)(H,28,32)(H,33,34). The number of nitrogens with one attached hydrogen (secondary N) is 4. The SMILES string of the molecule is CC(C)C(NC(=O)C(Cc1c[nH]c2ccccc12)NC(=O)CNC(=O)C(N)CC(N)=O)C(=O)O. The summed E-state index contributed by atoms with van der Waals surface area (Å²) >= 11 is 0. The lowest BCUT2D eigenvalue weighted by atomic mass is 10.0. The fraction of sp³-hybridized carbons (Fsp3) is 0.409. The van der Waals surface area contributed by atoms with E-state index in [4.69, 9.17) is 11.5 Å². The minimum atomic E-state index is -1.21. The molecule has 9 N–H and O–H groups in total. The van der Waals surface area contributed by atoms with Crippen LogP contribution in [0.5, 0.6) is 0 Å². The van der Waals surface area contributed by atoms with E-state index < -0.39 is 60.2 Å². The van der Waals surface area contributed by atoms with Crippen LogP contribution in [-0.2, 0) is 30.4 Å². The zero-order valence-corrected chi connectivity index (χ0v) is 19.0. The van der Waals surface area contributed by atoms with Gasteiger partial charge in [0.25, 0.3) is 0 Å². The average Bonchev–Trinajstić information content (AvgIpc) is 3.17. The first-order valence-electron chi connectivity index (χ1n) is 10.7. The maximum Gasteiger partial charge on any atom is 0.326 e. The highest BCUT2D eigenvalue weighted by atomic mass is 16.4. The maximum atomic E-state index is 13.0. The number of H-pyrrole nitrogens is 1. The van der Waals surface area contributed by atoms with Crippen LogP contribution in [0.15, 0.2) is 30.5 Å². The van der Waals surface area contributed by atoms with E-state index in [1.54, 1.807) is 20.0 Å². The Labute approximate surface area is 195 Å². The molecule has 3 unspecified atom stereocenters. The number of nitrogens with two attached hydrogens (primary N) is 2. The molecule has 34 heavy (non-hydrogen) atoms. The first-order valence-corrected chi connectivity index (χ1v) is 10.7. The number of benzene rings is 1. The Balaban J connectivity index is 2.15. The number of para-hydroxylation sites is 1. The molecule has 0 aliphatic rings. The highest BCUT2D eigenvalue weighted by Crippen LogP contribution is 2.19. The van der Waals surface area contributed by atoms with E-state index in [0.717, 1.165) is 16.5 Å². The van der Waals surface area contributed by atoms with Crippen molar-refractivity contribution < 1.29 is 29.1 Å². The molecule has 0 spiro atoms. The molecule has 0 aliphatic heterocycles. The predicted molar refractivity (Wildman–Crippen MR) is 123 cm³/mol. The molecule has 12 heteroatoms. The van der Waals surface area contributed by atoms with Gasteiger partial charge in [-0.3, -0.25) is 19.2 Å². The Morgan fingerprint density at radius 3 is 2.35 bits per heavy atom. The van der Waals surface area contributed by atoms with Crippen molar-refractivity contribution in [1.82, 2.24) is 20.9 Å². The third kappa shape index (κ3) is 7.30. The quantitative estimate of drug-likeness (QED) is 0.198. The van der Waals surface area contributed by atoms with Crippen molar-refractivity contribution >= 4 is 40.5 Å². The second-order valence-electron chi connectivity index (χ2n) is 8.25. The van der Waals surface area contributed by atoms with E-state index in [9.17, 15) is 29.1 Å². The van der Waals surface area contributed by atoms with Crippen LogP contribution in [0.2, 0.25) is 0 Å². The number of amides is 4. The molecule has 0 saturated carbocycles. The van der Waals surface area contributed by atoms with Crippen LogP contribution < -0.4 is 27.4 Å². The first-order chi connectivity index (χ1) is 16.0. The van der Waals surface area contributed by atoms with Gasteiger partial charge in [0.05, 0.1) is 19.0 Å². The topological polar surface area (TPSA) is 210 Å². The molecule has 2 rings (SSSR count). The molecule has 2 aromatic rings. The van der Waals surface area contributed by atoms with Crippen LogP contribution in [0, 0.1) is 5.92 Å². The van der Waals surface area contributed by atoms with Crippen molar-refractivity contribution in [2.45, 2.75) is 44.8 Å². The van der Waals surface area contributed by atoms with Gasteiger partial charge in [0.2, 0.25) is 23.6 Å². The van der Waals surface area contributed by atoms with Crippen LogP contribution in [-0.4, -0.2) is 64.4 Å². The van der Waals surface area contributed by atoms with Crippen molar-refractivity contribution in [2.24, 2.45) is 17.4 Å². The molecule has 0 radical (unpaired) electrons. The van der Waals surface area contributed by atoms with Crippen LogP contribution in [0.3, 0.4) is 0 Å². The van der Waals surface area contributed by atoms with Gasteiger partial charge in [0.1, 0.15) is 12.1 Å². The Hall–Kier alpha value is -3.93. The number of carboxylic acid groups (broad SMARTS) is 1. The lowest BCUT2D eigenvalue weighted by molar-refractivity contribution is -0.143. The van der Waals surface area contributed by atoms with Gasteiger partial charge in [-0.05, 0) is 17.5 Å². The minimum Gasteiger partial charge on any atom is -0.480 e. The molecule has 4 amide bonds. The second-order valence-corrected chi connectivity index (χ2v) is 8.25. The Morgan fingerprint density at radius 2 is 1.74 bits per heavy atom. The van der Waals surface area contributed by atoms with Gasteiger partial charge in [-0.1, -0.05) is 32.0 Å². The number of carbonyl (C=O) groups excluding carboxylic acids is 4. The van der Waals surface area contributed by atoms with E-state index in [-0.39, 0.29) is 12.8 Å². The lowest BCUT2D eigenvalue weighted by Gasteiger charge is -2.23. The van der Waals surface area contributed by atoms with Crippen molar-refractivity contribution in [3.8, 4) is 0 Å². The molecule has 1 aromatic heterocycles. The number of carboxylic acids is 1. The zero-order chi connectivity index (χ0) is 25.4. The van der Waals surface area contributed by atoms with E-state index in [2.05, 4.69) is 20.9 Å². The normalized spacial score (nSPS) is 13.6. The summed E-state index contributed by atoms with van der Waals surface area (Å²) in [6.45, 7) is 2.80. The third-order valence-corrected chi connectivity index (χ3v) is 5.16. The molecule has 12 nitrogen and oxygen atoms in total. The van der Waals surface area contributed by atoms with E-state index in [1.165, 1.54) is 0 Å². The predicted octanol–water partition coefficient (Wildman–Crippen LogP) is -1.26. The minimum absolute atomic E-state index is 0.0706. The molecule has 0 bridgehead atoms. The number of aromatic nitrogens is 1. The summed E-state index contributed by atoms with van der Waals surface area (Å²) < 4.78 is 0. The number of aromatic amines is 1. The largest absolute Gasteiger partial charge is 0.480 e. The highest BCUT2D eigenvalue weighted by molar-refractivity contribution is 5.94. The summed E-state index contributed by atoms with van der Waals surface area (Å²) in [6, 6.07) is 3.91. The summed E-state index contributed by atoms with van der Waals surface area (Å²) in [4.78, 5) is 62.9. The Morgan fingerprint density at radius 1 is 1.06 bits per heavy atom. The van der Waals surface area contributed by atoms with Crippen molar-refractivity contribution in [3.63, 3.8) is 0 Å². The van der Waals surface area contributed by atoms with Crippen molar-refractivity contribution in [1.29, 1.82) is 0 Å². The number of primary amides is 1. The molecule has 1 heterocycles. The van der Waals surface area contributed by atoms with Crippen LogP contribution >= 0.6 is 0 Å². The molecular weight excluding hydrogens is 444 g/mol. The fourth-order valence-electron chi connectivity index (χ4n) is 3.35. The summed E-state index contributed by atoms with van der Waals surface area (Å²) in [6.07, 6.45) is 1.39. The van der Waals surface area contributed by atoms with Gasteiger partial charge in [-0.15, -0.1) is 0 Å². The Kier molecular flexibility index (Phi) is 9.13. The first kappa shape index (κ1) is 26.3. The van der Waals surface area contributed by atoms with Crippen LogP contribution in [0.1, 0.15) is 25.8 Å². The number of fused-ring (bicyclic) bond motifs is 1. The summed E-state index contributed by atoms with van der Waals surface area (Å²) in [5.74, 6) is -4.49. The maximum absolute atomic E-state index is 13.0. The molecule has 184 valence electrons. The second kappa shape index (κ2) is 11.8. The van der Waals surface area contributed by atoms with Crippen LogP contribution in [0.25, 0.3) is 10.9 Å². The number of rotatable bonds is 12. The molecular formula is C22H30N6O6. The summed E-state index contributed by atoms with van der Waals surface area (Å²) in [7, 11) is 0. The molecule has 3 atom stereocenters. The lowest BCUT2D eigenvalue weighted by Crippen LogP contribution is -2.55. The van der Waals surface area contributed by atoms with Gasteiger partial charge in [0, 0.05) is 23.5 Å². The average molecular weight is 475 g/mol. The summed E-state index contributed by atoms with van der Waals surface area (Å²) in [5.41, 5.74) is 12.1. The van der Waals surface area contributed by atoms with Gasteiger partial charge >= 0.3 is 5.97 Å². The summed E-state index contributed by atoms with van der Waals surface area (Å²) in [5, 5.41) is 17.5. The number of hydrogen-bond donors (Lipinski definition) is 7. The molecule has 0 saturated heterocycles. The highest BCUT2D eigenvalue weighted by Gasteiger charge is 2.29. The van der Waals surface area contributed by atoms with Gasteiger partial charge < -0.3 is 37.5 Å². The molecule has 0 fully saturated rings. The molecule has 0 aliphatic carbocycles. The number of hydrogen-bond acceptors (Lipinski definition) is 6. The Bertz CT molecular complexity index is 1070. The van der Waals surface area contributed by atoms with Crippen molar-refractivity contribution in [2.75, 3.05) is 6.54 Å². The third-order valence-electron chi connectivity index (χ3n) is 5.16. The van der Waals surface area contributed by atoms with Gasteiger partial charge in [0.15, 0.2) is 0 Å². The monoisotopic (exact) mass is 474 g/mol. The van der Waals surface area contributed by atoms with E-state index in [0.29, 0.717) is 0 Å². The fourth-order valence-corrected chi connectivity index (χ4v) is 3.35.